The molecule has 0 aromatic heterocycles. The zero-order valence-electron chi connectivity index (χ0n) is 11.4. The summed E-state index contributed by atoms with van der Waals surface area (Å²) in [5.41, 5.74) is -0.100. The molecule has 0 radical (unpaired) electrons. The Kier molecular flexibility index (Phi) is 5.42. The summed E-state index contributed by atoms with van der Waals surface area (Å²) in [6.45, 7) is 4.81. The van der Waals surface area contributed by atoms with Crippen molar-refractivity contribution in [3.8, 4) is 0 Å². The van der Waals surface area contributed by atoms with E-state index in [-0.39, 0.29) is 18.9 Å². The smallest absolute Gasteiger partial charge is 0.416 e. The minimum atomic E-state index is -4.36. The Labute approximate surface area is 116 Å². The van der Waals surface area contributed by atoms with Gasteiger partial charge in [0.25, 0.3) is 0 Å². The maximum absolute atomic E-state index is 12.5. The topological polar surface area (TPSA) is 40.5 Å². The Bertz CT molecular complexity index is 441. The van der Waals surface area contributed by atoms with Gasteiger partial charge in [-0.25, -0.2) is 0 Å². The van der Waals surface area contributed by atoms with E-state index in [9.17, 15) is 18.0 Å². The van der Waals surface area contributed by atoms with Crippen LogP contribution in [-0.4, -0.2) is 24.2 Å². The van der Waals surface area contributed by atoms with Crippen molar-refractivity contribution in [2.24, 2.45) is 5.92 Å². The number of benzene rings is 1. The Morgan fingerprint density at radius 3 is 2.20 bits per heavy atom. The maximum Gasteiger partial charge on any atom is 0.416 e. The van der Waals surface area contributed by atoms with E-state index >= 15 is 0 Å². The fourth-order valence-electron chi connectivity index (χ4n) is 1.86. The van der Waals surface area contributed by atoms with Crippen LogP contribution >= 0.6 is 0 Å². The van der Waals surface area contributed by atoms with E-state index in [2.05, 4.69) is 0 Å². The van der Waals surface area contributed by atoms with Crippen molar-refractivity contribution >= 4 is 11.7 Å². The molecular formula is C14H18F3NO2. The lowest BCUT2D eigenvalue weighted by atomic mass is 10.1. The molecule has 0 unspecified atom stereocenters. The third-order valence-electron chi connectivity index (χ3n) is 2.74. The zero-order valence-corrected chi connectivity index (χ0v) is 11.4. The number of rotatable bonds is 6. The van der Waals surface area contributed by atoms with Gasteiger partial charge in [-0.3, -0.25) is 4.79 Å². The highest BCUT2D eigenvalue weighted by Gasteiger charge is 2.30. The van der Waals surface area contributed by atoms with E-state index < -0.39 is 17.7 Å². The van der Waals surface area contributed by atoms with Crippen LogP contribution in [0.25, 0.3) is 0 Å². The summed E-state index contributed by atoms with van der Waals surface area (Å²) in [4.78, 5) is 12.4. The Morgan fingerprint density at radius 1 is 1.25 bits per heavy atom. The second-order valence-corrected chi connectivity index (χ2v) is 5.03. The van der Waals surface area contributed by atoms with Gasteiger partial charge in [-0.1, -0.05) is 13.8 Å². The number of aliphatic carboxylic acids is 1. The van der Waals surface area contributed by atoms with Crippen molar-refractivity contribution in [3.63, 3.8) is 0 Å². The average molecular weight is 289 g/mol. The molecule has 112 valence electrons. The maximum atomic E-state index is 12.5. The fraction of sp³-hybridized carbons (Fsp3) is 0.500. The number of alkyl halides is 3. The SMILES string of the molecule is CC(C)CN(CCC(=O)O)c1ccc(C(F)(F)F)cc1. The molecule has 0 saturated heterocycles. The van der Waals surface area contributed by atoms with Gasteiger partial charge < -0.3 is 10.0 Å². The molecule has 3 nitrogen and oxygen atoms in total. The van der Waals surface area contributed by atoms with Gasteiger partial charge in [-0.15, -0.1) is 0 Å². The summed E-state index contributed by atoms with van der Waals surface area (Å²) in [6, 6.07) is 4.80. The van der Waals surface area contributed by atoms with Gasteiger partial charge in [0, 0.05) is 18.8 Å². The van der Waals surface area contributed by atoms with E-state index in [0.29, 0.717) is 12.2 Å². The Morgan fingerprint density at radius 2 is 1.80 bits per heavy atom. The molecule has 0 heterocycles. The first-order chi connectivity index (χ1) is 9.20. The normalized spacial score (nSPS) is 11.7. The lowest BCUT2D eigenvalue weighted by molar-refractivity contribution is -0.138. The number of carbonyl (C=O) groups is 1. The van der Waals surface area contributed by atoms with E-state index in [1.807, 2.05) is 13.8 Å². The predicted molar refractivity (Wildman–Crippen MR) is 70.7 cm³/mol. The van der Waals surface area contributed by atoms with Crippen molar-refractivity contribution in [1.29, 1.82) is 0 Å². The van der Waals surface area contributed by atoms with Crippen LogP contribution in [-0.2, 0) is 11.0 Å². The fourth-order valence-corrected chi connectivity index (χ4v) is 1.86. The summed E-state index contributed by atoms with van der Waals surface area (Å²) in [5, 5.41) is 8.72. The van der Waals surface area contributed by atoms with Crippen molar-refractivity contribution in [2.75, 3.05) is 18.0 Å². The van der Waals surface area contributed by atoms with Crippen molar-refractivity contribution in [3.05, 3.63) is 29.8 Å². The second-order valence-electron chi connectivity index (χ2n) is 5.03. The highest BCUT2D eigenvalue weighted by atomic mass is 19.4. The lowest BCUT2D eigenvalue weighted by Crippen LogP contribution is -2.30. The number of carboxylic acids is 1. The average Bonchev–Trinajstić information content (AvgIpc) is 2.33. The second kappa shape index (κ2) is 6.63. The van der Waals surface area contributed by atoms with Gasteiger partial charge in [0.05, 0.1) is 12.0 Å². The Balaban J connectivity index is 2.87. The summed E-state index contributed by atoms with van der Waals surface area (Å²) in [5.74, 6) is -0.642. The molecule has 0 fully saturated rings. The minimum absolute atomic E-state index is 0.0479. The number of hydrogen-bond acceptors (Lipinski definition) is 2. The number of carboxylic acid groups (broad SMARTS) is 1. The van der Waals surface area contributed by atoms with Crippen LogP contribution in [0.3, 0.4) is 0 Å². The number of halogens is 3. The number of hydrogen-bond donors (Lipinski definition) is 1. The van der Waals surface area contributed by atoms with Crippen LogP contribution < -0.4 is 4.90 Å². The molecule has 0 aliphatic rings. The molecule has 0 spiro atoms. The molecule has 1 rings (SSSR count). The molecule has 1 N–H and O–H groups in total. The first kappa shape index (κ1) is 16.3. The lowest BCUT2D eigenvalue weighted by Gasteiger charge is -2.26. The van der Waals surface area contributed by atoms with Crippen LogP contribution in [0.15, 0.2) is 24.3 Å². The monoisotopic (exact) mass is 289 g/mol. The number of nitrogens with zero attached hydrogens (tertiary/aromatic N) is 1. The third-order valence-corrected chi connectivity index (χ3v) is 2.74. The van der Waals surface area contributed by atoms with Crippen LogP contribution in [0.2, 0.25) is 0 Å². The van der Waals surface area contributed by atoms with Gasteiger partial charge in [0.2, 0.25) is 0 Å². The highest BCUT2D eigenvalue weighted by molar-refractivity contribution is 5.67. The Hall–Kier alpha value is -1.72. The van der Waals surface area contributed by atoms with Gasteiger partial charge in [0.1, 0.15) is 0 Å². The molecular weight excluding hydrogens is 271 g/mol. The molecule has 0 atom stereocenters. The van der Waals surface area contributed by atoms with E-state index in [1.165, 1.54) is 12.1 Å². The largest absolute Gasteiger partial charge is 0.481 e. The molecule has 0 aliphatic carbocycles. The molecule has 20 heavy (non-hydrogen) atoms. The molecule has 0 aliphatic heterocycles. The molecule has 0 saturated carbocycles. The summed E-state index contributed by atoms with van der Waals surface area (Å²) < 4.78 is 37.5. The van der Waals surface area contributed by atoms with Crippen molar-refractivity contribution < 1.29 is 23.1 Å². The van der Waals surface area contributed by atoms with E-state index in [0.717, 1.165) is 12.1 Å². The summed E-state index contributed by atoms with van der Waals surface area (Å²) in [7, 11) is 0. The molecule has 1 aromatic rings. The van der Waals surface area contributed by atoms with Crippen LogP contribution in [0.5, 0.6) is 0 Å². The van der Waals surface area contributed by atoms with Crippen molar-refractivity contribution in [1.82, 2.24) is 0 Å². The van der Waals surface area contributed by atoms with Crippen LogP contribution in [0, 0.1) is 5.92 Å². The first-order valence-electron chi connectivity index (χ1n) is 6.34. The summed E-state index contributed by atoms with van der Waals surface area (Å²) >= 11 is 0. The quantitative estimate of drug-likeness (QED) is 0.869. The van der Waals surface area contributed by atoms with E-state index in [4.69, 9.17) is 5.11 Å². The third kappa shape index (κ3) is 5.11. The van der Waals surface area contributed by atoms with Gasteiger partial charge in [-0.2, -0.15) is 13.2 Å². The summed E-state index contributed by atoms with van der Waals surface area (Å²) in [6.07, 6.45) is -4.41. The zero-order chi connectivity index (χ0) is 15.3. The van der Waals surface area contributed by atoms with E-state index in [1.54, 1.807) is 4.90 Å². The molecule has 0 bridgehead atoms. The van der Waals surface area contributed by atoms with Crippen LogP contribution in [0.1, 0.15) is 25.8 Å². The van der Waals surface area contributed by atoms with Crippen LogP contribution in [0.4, 0.5) is 18.9 Å². The molecule has 1 aromatic carbocycles. The minimum Gasteiger partial charge on any atom is -0.481 e. The number of anilines is 1. The molecule has 0 amide bonds. The standard InChI is InChI=1S/C14H18F3NO2/c1-10(2)9-18(8-7-13(19)20)12-5-3-11(4-6-12)14(15,16)17/h3-6,10H,7-9H2,1-2H3,(H,19,20). The van der Waals surface area contributed by atoms with Gasteiger partial charge >= 0.3 is 12.1 Å². The highest BCUT2D eigenvalue weighted by Crippen LogP contribution is 2.30. The molecule has 6 heteroatoms. The predicted octanol–water partition coefficient (Wildman–Crippen LogP) is 3.64. The van der Waals surface area contributed by atoms with Crippen molar-refractivity contribution in [2.45, 2.75) is 26.4 Å². The van der Waals surface area contributed by atoms with Gasteiger partial charge in [-0.05, 0) is 30.2 Å². The van der Waals surface area contributed by atoms with Gasteiger partial charge in [0.15, 0.2) is 0 Å². The first-order valence-corrected chi connectivity index (χ1v) is 6.34.